The van der Waals surface area contributed by atoms with Gasteiger partial charge in [0.1, 0.15) is 0 Å². The second-order valence-corrected chi connectivity index (χ2v) is 7.55. The van der Waals surface area contributed by atoms with Crippen LogP contribution >= 0.6 is 0 Å². The Morgan fingerprint density at radius 1 is 0.920 bits per heavy atom. The smallest absolute Gasteiger partial charge is 0.0554 e. The van der Waals surface area contributed by atoms with Crippen molar-refractivity contribution >= 4 is 16.5 Å². The van der Waals surface area contributed by atoms with Crippen molar-refractivity contribution in [2.24, 2.45) is 5.92 Å². The molecule has 5 rings (SSSR count). The minimum atomic E-state index is 0.373. The zero-order valence-corrected chi connectivity index (χ0v) is 14.8. The van der Waals surface area contributed by atoms with E-state index in [4.69, 9.17) is 0 Å². The van der Waals surface area contributed by atoms with E-state index < -0.39 is 0 Å². The lowest BCUT2D eigenvalue weighted by Crippen LogP contribution is -2.29. The summed E-state index contributed by atoms with van der Waals surface area (Å²) in [6, 6.07) is 20.6. The number of fused-ring (bicyclic) bond motifs is 4. The maximum Gasteiger partial charge on any atom is 0.0554 e. The van der Waals surface area contributed by atoms with Crippen molar-refractivity contribution in [3.63, 3.8) is 0 Å². The highest BCUT2D eigenvalue weighted by molar-refractivity contribution is 5.83. The van der Waals surface area contributed by atoms with Gasteiger partial charge in [-0.1, -0.05) is 60.7 Å². The third-order valence-electron chi connectivity index (χ3n) is 6.20. The van der Waals surface area contributed by atoms with Crippen LogP contribution in [-0.2, 0) is 0 Å². The molecule has 0 amide bonds. The molecule has 25 heavy (non-hydrogen) atoms. The van der Waals surface area contributed by atoms with Gasteiger partial charge in [-0.3, -0.25) is 0 Å². The van der Waals surface area contributed by atoms with Crippen LogP contribution < -0.4 is 5.32 Å². The van der Waals surface area contributed by atoms with Crippen molar-refractivity contribution in [3.8, 4) is 0 Å². The highest BCUT2D eigenvalue weighted by Crippen LogP contribution is 2.51. The normalized spacial score (nSPS) is 24.0. The van der Waals surface area contributed by atoms with Crippen LogP contribution in [0.3, 0.4) is 0 Å². The molecule has 3 aromatic carbocycles. The van der Waals surface area contributed by atoms with E-state index in [9.17, 15) is 0 Å². The fraction of sp³-hybridized carbons (Fsp3) is 0.250. The topological polar surface area (TPSA) is 12.0 Å². The average Bonchev–Trinajstić information content (AvgIpc) is 3.13. The van der Waals surface area contributed by atoms with E-state index in [1.807, 2.05) is 0 Å². The summed E-state index contributed by atoms with van der Waals surface area (Å²) in [4.78, 5) is 0. The van der Waals surface area contributed by atoms with E-state index in [0.29, 0.717) is 17.9 Å². The van der Waals surface area contributed by atoms with Crippen LogP contribution in [0.2, 0.25) is 0 Å². The van der Waals surface area contributed by atoms with Gasteiger partial charge in [0.05, 0.1) is 6.04 Å². The fourth-order valence-corrected chi connectivity index (χ4v) is 4.65. The van der Waals surface area contributed by atoms with Crippen LogP contribution in [0, 0.1) is 19.8 Å². The Bertz CT molecular complexity index is 998. The van der Waals surface area contributed by atoms with Crippen molar-refractivity contribution in [3.05, 3.63) is 89.0 Å². The number of allylic oxidation sites excluding steroid dienone is 2. The predicted molar refractivity (Wildman–Crippen MR) is 106 cm³/mol. The molecule has 0 fully saturated rings. The molecular weight excluding hydrogens is 302 g/mol. The van der Waals surface area contributed by atoms with Gasteiger partial charge in [0.2, 0.25) is 0 Å². The summed E-state index contributed by atoms with van der Waals surface area (Å²) < 4.78 is 0. The van der Waals surface area contributed by atoms with E-state index in [2.05, 4.69) is 85.9 Å². The molecule has 0 bridgehead atoms. The molecular formula is C24H23N. The van der Waals surface area contributed by atoms with E-state index in [1.54, 1.807) is 0 Å². The van der Waals surface area contributed by atoms with E-state index in [1.165, 1.54) is 38.7 Å². The van der Waals surface area contributed by atoms with Crippen LogP contribution in [0.1, 0.15) is 40.6 Å². The Morgan fingerprint density at radius 2 is 1.76 bits per heavy atom. The molecule has 0 spiro atoms. The van der Waals surface area contributed by atoms with E-state index in [0.717, 1.165) is 6.42 Å². The SMILES string of the molecule is Cc1ccc2c(c1C)NC(c1ccc3ccccc3c1)C1CC=CC21. The first-order valence-corrected chi connectivity index (χ1v) is 9.24. The third kappa shape index (κ3) is 2.22. The minimum absolute atomic E-state index is 0.373. The van der Waals surface area contributed by atoms with Crippen molar-refractivity contribution in [1.82, 2.24) is 0 Å². The Balaban J connectivity index is 1.65. The number of nitrogens with one attached hydrogen (secondary N) is 1. The Labute approximate surface area is 149 Å². The number of anilines is 1. The zero-order valence-electron chi connectivity index (χ0n) is 14.8. The lowest BCUT2D eigenvalue weighted by molar-refractivity contribution is 0.425. The van der Waals surface area contributed by atoms with Gasteiger partial charge in [-0.05, 0) is 65.3 Å². The van der Waals surface area contributed by atoms with Gasteiger partial charge >= 0.3 is 0 Å². The summed E-state index contributed by atoms with van der Waals surface area (Å²) in [5, 5.41) is 6.56. The van der Waals surface area contributed by atoms with Gasteiger partial charge in [0, 0.05) is 11.6 Å². The number of benzene rings is 3. The van der Waals surface area contributed by atoms with Crippen LogP contribution in [0.5, 0.6) is 0 Å². The lowest BCUT2D eigenvalue weighted by atomic mass is 9.76. The maximum atomic E-state index is 3.92. The molecule has 3 unspecified atom stereocenters. The summed E-state index contributed by atoms with van der Waals surface area (Å²) in [7, 11) is 0. The summed E-state index contributed by atoms with van der Waals surface area (Å²) in [6.45, 7) is 4.45. The number of aryl methyl sites for hydroxylation is 1. The third-order valence-corrected chi connectivity index (χ3v) is 6.20. The van der Waals surface area contributed by atoms with Crippen LogP contribution in [-0.4, -0.2) is 0 Å². The molecule has 1 aliphatic carbocycles. The highest BCUT2D eigenvalue weighted by Gasteiger charge is 2.38. The molecule has 0 aromatic heterocycles. The molecule has 1 aliphatic heterocycles. The Kier molecular flexibility index (Phi) is 3.24. The minimum Gasteiger partial charge on any atom is -0.377 e. The molecule has 3 aromatic rings. The van der Waals surface area contributed by atoms with Crippen molar-refractivity contribution in [2.45, 2.75) is 32.2 Å². The molecule has 3 atom stereocenters. The first-order chi connectivity index (χ1) is 12.2. The van der Waals surface area contributed by atoms with Gasteiger partial charge in [-0.15, -0.1) is 0 Å². The largest absolute Gasteiger partial charge is 0.377 e. The predicted octanol–water partition coefficient (Wildman–Crippen LogP) is 6.28. The summed E-state index contributed by atoms with van der Waals surface area (Å²) in [6.07, 6.45) is 5.95. The summed E-state index contributed by atoms with van der Waals surface area (Å²) in [5.41, 5.74) is 6.99. The van der Waals surface area contributed by atoms with Crippen LogP contribution in [0.4, 0.5) is 5.69 Å². The standard InChI is InChI=1S/C24H23N/c1-15-10-13-22-20-8-5-9-21(20)24(25-23(22)16(15)2)19-12-11-17-6-3-4-7-18(17)14-19/h3-8,10-14,20-21,24-25H,9H2,1-2H3. The number of hydrogen-bond donors (Lipinski definition) is 1. The van der Waals surface area contributed by atoms with Crippen molar-refractivity contribution < 1.29 is 0 Å². The summed E-state index contributed by atoms with van der Waals surface area (Å²) >= 11 is 0. The van der Waals surface area contributed by atoms with Gasteiger partial charge in [0.15, 0.2) is 0 Å². The highest BCUT2D eigenvalue weighted by atomic mass is 15.0. The molecule has 2 aliphatic rings. The van der Waals surface area contributed by atoms with Gasteiger partial charge in [-0.2, -0.15) is 0 Å². The average molecular weight is 325 g/mol. The van der Waals surface area contributed by atoms with Crippen LogP contribution in [0.25, 0.3) is 10.8 Å². The maximum absolute atomic E-state index is 3.92. The Hall–Kier alpha value is -2.54. The zero-order chi connectivity index (χ0) is 17.0. The first-order valence-electron chi connectivity index (χ1n) is 9.24. The van der Waals surface area contributed by atoms with Crippen LogP contribution in [0.15, 0.2) is 66.7 Å². The molecule has 0 saturated heterocycles. The van der Waals surface area contributed by atoms with E-state index in [-0.39, 0.29) is 0 Å². The second kappa shape index (κ2) is 5.49. The van der Waals surface area contributed by atoms with E-state index >= 15 is 0 Å². The first kappa shape index (κ1) is 14.8. The monoisotopic (exact) mass is 325 g/mol. The fourth-order valence-electron chi connectivity index (χ4n) is 4.65. The second-order valence-electron chi connectivity index (χ2n) is 7.55. The number of hydrogen-bond acceptors (Lipinski definition) is 1. The Morgan fingerprint density at radius 3 is 2.64 bits per heavy atom. The van der Waals surface area contributed by atoms with Gasteiger partial charge in [0.25, 0.3) is 0 Å². The van der Waals surface area contributed by atoms with Crippen molar-refractivity contribution in [2.75, 3.05) is 5.32 Å². The number of rotatable bonds is 1. The lowest BCUT2D eigenvalue weighted by Gasteiger charge is -2.38. The molecule has 0 saturated carbocycles. The molecule has 1 heteroatoms. The molecule has 1 nitrogen and oxygen atoms in total. The molecule has 0 radical (unpaired) electrons. The van der Waals surface area contributed by atoms with Crippen molar-refractivity contribution in [1.29, 1.82) is 0 Å². The molecule has 124 valence electrons. The molecule has 1 heterocycles. The molecule has 1 N–H and O–H groups in total. The summed E-state index contributed by atoms with van der Waals surface area (Å²) in [5.74, 6) is 1.14. The quantitative estimate of drug-likeness (QED) is 0.519. The van der Waals surface area contributed by atoms with Gasteiger partial charge < -0.3 is 5.32 Å². The van der Waals surface area contributed by atoms with Gasteiger partial charge in [-0.25, -0.2) is 0 Å².